The number of H-pyrrole nitrogens is 1. The van der Waals surface area contributed by atoms with Crippen molar-refractivity contribution >= 4 is 5.91 Å². The molecule has 0 radical (unpaired) electrons. The minimum Gasteiger partial charge on any atom is -0.391 e. The molecule has 0 spiro atoms. The molecule has 0 bridgehead atoms. The summed E-state index contributed by atoms with van der Waals surface area (Å²) in [6.45, 7) is 1.99. The van der Waals surface area contributed by atoms with Gasteiger partial charge in [-0.05, 0) is 5.56 Å². The van der Waals surface area contributed by atoms with Gasteiger partial charge in [0.15, 0.2) is 0 Å². The Bertz CT molecular complexity index is 683. The Labute approximate surface area is 142 Å². The fourth-order valence-corrected chi connectivity index (χ4v) is 3.20. The molecule has 2 atom stereocenters. The number of benzene rings is 1. The number of aliphatic hydroxyl groups is 1. The van der Waals surface area contributed by atoms with Gasteiger partial charge in [0.2, 0.25) is 5.91 Å². The summed E-state index contributed by atoms with van der Waals surface area (Å²) < 4.78 is 0. The minimum atomic E-state index is -0.461. The van der Waals surface area contributed by atoms with Crippen LogP contribution in [0.3, 0.4) is 0 Å². The minimum absolute atomic E-state index is 0.0111. The van der Waals surface area contributed by atoms with Gasteiger partial charge in [0.1, 0.15) is 0 Å². The van der Waals surface area contributed by atoms with Crippen molar-refractivity contribution < 1.29 is 9.90 Å². The Balaban J connectivity index is 1.66. The van der Waals surface area contributed by atoms with Crippen molar-refractivity contribution in [3.63, 3.8) is 0 Å². The van der Waals surface area contributed by atoms with Crippen LogP contribution < -0.4 is 0 Å². The van der Waals surface area contributed by atoms with E-state index in [0.717, 1.165) is 16.8 Å². The first-order valence-corrected chi connectivity index (χ1v) is 8.23. The van der Waals surface area contributed by atoms with E-state index < -0.39 is 6.10 Å². The number of hydrogen-bond acceptors (Lipinski definition) is 4. The van der Waals surface area contributed by atoms with Crippen LogP contribution in [0.15, 0.2) is 36.5 Å². The Morgan fingerprint density at radius 3 is 2.79 bits per heavy atom. The predicted molar refractivity (Wildman–Crippen MR) is 92.1 cm³/mol. The molecule has 1 aliphatic rings. The summed E-state index contributed by atoms with van der Waals surface area (Å²) >= 11 is 0. The number of aliphatic hydroxyl groups excluding tert-OH is 1. The summed E-state index contributed by atoms with van der Waals surface area (Å²) in [4.78, 5) is 15.6. The highest BCUT2D eigenvalue weighted by atomic mass is 16.3. The van der Waals surface area contributed by atoms with Crippen LogP contribution in [0.2, 0.25) is 0 Å². The zero-order valence-corrected chi connectivity index (χ0v) is 14.1. The molecular weight excluding hydrogens is 304 g/mol. The number of carbonyl (C=O) groups excluding carboxylic acids is 1. The van der Waals surface area contributed by atoms with Crippen molar-refractivity contribution in [3.05, 3.63) is 42.2 Å². The molecule has 0 saturated carbocycles. The lowest BCUT2D eigenvalue weighted by molar-refractivity contribution is -0.130. The molecule has 3 rings (SSSR count). The van der Waals surface area contributed by atoms with Crippen LogP contribution in [0.1, 0.15) is 12.1 Å². The van der Waals surface area contributed by atoms with Crippen LogP contribution in [-0.4, -0.2) is 64.3 Å². The third-order valence-corrected chi connectivity index (χ3v) is 4.60. The molecule has 2 aromatic rings. The third-order valence-electron chi connectivity index (χ3n) is 4.60. The molecule has 24 heavy (non-hydrogen) atoms. The molecule has 2 heterocycles. The first-order chi connectivity index (χ1) is 11.5. The lowest BCUT2D eigenvalue weighted by Gasteiger charge is -2.17. The van der Waals surface area contributed by atoms with Crippen LogP contribution in [0.5, 0.6) is 0 Å². The highest BCUT2D eigenvalue weighted by molar-refractivity contribution is 5.75. The topological polar surface area (TPSA) is 72.5 Å². The van der Waals surface area contributed by atoms with Gasteiger partial charge in [0.05, 0.1) is 18.0 Å². The second kappa shape index (κ2) is 7.15. The van der Waals surface area contributed by atoms with Crippen LogP contribution >= 0.6 is 0 Å². The van der Waals surface area contributed by atoms with Gasteiger partial charge in [-0.2, -0.15) is 5.10 Å². The average molecular weight is 328 g/mol. The van der Waals surface area contributed by atoms with Crippen molar-refractivity contribution in [2.75, 3.05) is 27.2 Å². The van der Waals surface area contributed by atoms with E-state index in [1.807, 2.05) is 24.4 Å². The molecule has 1 aromatic heterocycles. The number of carbonyl (C=O) groups is 1. The van der Waals surface area contributed by atoms with E-state index in [9.17, 15) is 9.90 Å². The van der Waals surface area contributed by atoms with Gasteiger partial charge in [-0.25, -0.2) is 0 Å². The molecule has 6 heteroatoms. The third kappa shape index (κ3) is 3.66. The lowest BCUT2D eigenvalue weighted by Crippen LogP contribution is -2.28. The maximum absolute atomic E-state index is 11.9. The SMILES string of the molecule is CN(C)C(=O)C[C@@H]1CN(Cc2[nH]ncc2-c2ccccc2)C[C@H]1O. The van der Waals surface area contributed by atoms with Crippen molar-refractivity contribution in [3.8, 4) is 11.1 Å². The number of aromatic amines is 1. The Kier molecular flexibility index (Phi) is 4.97. The average Bonchev–Trinajstić information content (AvgIpc) is 3.15. The van der Waals surface area contributed by atoms with Crippen LogP contribution in [0.4, 0.5) is 0 Å². The zero-order valence-electron chi connectivity index (χ0n) is 14.1. The summed E-state index contributed by atoms with van der Waals surface area (Å²) in [5.41, 5.74) is 3.24. The molecule has 6 nitrogen and oxygen atoms in total. The number of β-amino-alcohol motifs (C(OH)–C–C–N with tert-alkyl or cyclic N) is 1. The number of nitrogens with zero attached hydrogens (tertiary/aromatic N) is 3. The van der Waals surface area contributed by atoms with Gasteiger partial charge >= 0.3 is 0 Å². The molecule has 128 valence electrons. The van der Waals surface area contributed by atoms with Crippen molar-refractivity contribution in [2.24, 2.45) is 5.92 Å². The molecule has 1 aliphatic heterocycles. The van der Waals surface area contributed by atoms with Gasteiger partial charge in [0.25, 0.3) is 0 Å². The largest absolute Gasteiger partial charge is 0.391 e. The summed E-state index contributed by atoms with van der Waals surface area (Å²) in [5, 5.41) is 17.5. The number of rotatable bonds is 5. The number of amides is 1. The van der Waals surface area contributed by atoms with Gasteiger partial charge in [-0.1, -0.05) is 30.3 Å². The fraction of sp³-hybridized carbons (Fsp3) is 0.444. The second-order valence-electron chi connectivity index (χ2n) is 6.64. The molecular formula is C18H24N4O2. The van der Waals surface area contributed by atoms with Gasteiger partial charge < -0.3 is 10.0 Å². The summed E-state index contributed by atoms with van der Waals surface area (Å²) in [6, 6.07) is 10.1. The molecule has 2 N–H and O–H groups in total. The smallest absolute Gasteiger partial charge is 0.222 e. The molecule has 1 aromatic carbocycles. The van der Waals surface area contributed by atoms with Crippen LogP contribution in [0.25, 0.3) is 11.1 Å². The quantitative estimate of drug-likeness (QED) is 0.869. The predicted octanol–water partition coefficient (Wildman–Crippen LogP) is 1.35. The monoisotopic (exact) mass is 328 g/mol. The van der Waals surface area contributed by atoms with Gasteiger partial charge in [-0.3, -0.25) is 14.8 Å². The number of likely N-dealkylation sites (tertiary alicyclic amines) is 1. The van der Waals surface area contributed by atoms with E-state index in [4.69, 9.17) is 0 Å². The normalized spacial score (nSPS) is 21.1. The maximum Gasteiger partial charge on any atom is 0.222 e. The van der Waals surface area contributed by atoms with Crippen LogP contribution in [0, 0.1) is 5.92 Å². The first kappa shape index (κ1) is 16.7. The van der Waals surface area contributed by atoms with Crippen molar-refractivity contribution in [2.45, 2.75) is 19.1 Å². The first-order valence-electron chi connectivity index (χ1n) is 8.23. The van der Waals surface area contributed by atoms with Crippen LogP contribution in [-0.2, 0) is 11.3 Å². The summed E-state index contributed by atoms with van der Waals surface area (Å²) in [7, 11) is 3.50. The second-order valence-corrected chi connectivity index (χ2v) is 6.64. The van der Waals surface area contributed by atoms with Crippen molar-refractivity contribution in [1.29, 1.82) is 0 Å². The zero-order chi connectivity index (χ0) is 17.1. The number of hydrogen-bond donors (Lipinski definition) is 2. The van der Waals surface area contributed by atoms with E-state index in [1.165, 1.54) is 0 Å². The van der Waals surface area contributed by atoms with E-state index in [2.05, 4.69) is 27.2 Å². The Hall–Kier alpha value is -2.18. The number of aromatic nitrogens is 2. The molecule has 0 unspecified atom stereocenters. The highest BCUT2D eigenvalue weighted by Crippen LogP contribution is 2.26. The van der Waals surface area contributed by atoms with Crippen molar-refractivity contribution in [1.82, 2.24) is 20.0 Å². The highest BCUT2D eigenvalue weighted by Gasteiger charge is 2.33. The summed E-state index contributed by atoms with van der Waals surface area (Å²) in [5.74, 6) is 0.0513. The molecule has 1 saturated heterocycles. The van der Waals surface area contributed by atoms with Gasteiger partial charge in [0, 0.05) is 51.6 Å². The van der Waals surface area contributed by atoms with E-state index >= 15 is 0 Å². The lowest BCUT2D eigenvalue weighted by atomic mass is 10.0. The summed E-state index contributed by atoms with van der Waals surface area (Å²) in [6.07, 6.45) is 1.76. The van der Waals surface area contributed by atoms with E-state index in [0.29, 0.717) is 26.1 Å². The fourth-order valence-electron chi connectivity index (χ4n) is 3.20. The van der Waals surface area contributed by atoms with Gasteiger partial charge in [-0.15, -0.1) is 0 Å². The molecule has 0 aliphatic carbocycles. The maximum atomic E-state index is 11.9. The standard InChI is InChI=1S/C18H24N4O2/c1-21(2)18(24)8-14-10-22(12-17(14)23)11-16-15(9-19-20-16)13-6-4-3-5-7-13/h3-7,9,14,17,23H,8,10-12H2,1-2H3,(H,19,20)/t14-,17-/m1/s1. The Morgan fingerprint density at radius 1 is 1.33 bits per heavy atom. The molecule has 1 fully saturated rings. The Morgan fingerprint density at radius 2 is 2.08 bits per heavy atom. The molecule has 1 amide bonds. The number of nitrogens with one attached hydrogen (secondary N) is 1. The van der Waals surface area contributed by atoms with E-state index in [1.54, 1.807) is 19.0 Å². The van der Waals surface area contributed by atoms with E-state index in [-0.39, 0.29) is 11.8 Å².